The quantitative estimate of drug-likeness (QED) is 0.712. The van der Waals surface area contributed by atoms with Crippen molar-refractivity contribution in [3.8, 4) is 11.4 Å². The van der Waals surface area contributed by atoms with Gasteiger partial charge in [0, 0.05) is 30.5 Å². The summed E-state index contributed by atoms with van der Waals surface area (Å²) < 4.78 is 30.1. The zero-order valence-electron chi connectivity index (χ0n) is 15.4. The van der Waals surface area contributed by atoms with Gasteiger partial charge in [0.25, 0.3) is 0 Å². The van der Waals surface area contributed by atoms with E-state index in [0.29, 0.717) is 18.0 Å². The smallest absolute Gasteiger partial charge is 0.240 e. The Morgan fingerprint density at radius 1 is 1.07 bits per heavy atom. The number of rotatable bonds is 6. The average molecular weight is 382 g/mol. The molecule has 0 amide bonds. The van der Waals surface area contributed by atoms with E-state index >= 15 is 0 Å². The average Bonchev–Trinajstić information content (AvgIpc) is 3.29. The van der Waals surface area contributed by atoms with Gasteiger partial charge in [0.05, 0.1) is 4.90 Å². The maximum Gasteiger partial charge on any atom is 0.240 e. The van der Waals surface area contributed by atoms with E-state index in [4.69, 9.17) is 0 Å². The number of nitrogens with one attached hydrogen (secondary N) is 1. The summed E-state index contributed by atoms with van der Waals surface area (Å²) in [6.45, 7) is 2.82. The molecule has 1 heterocycles. The first-order valence-electron chi connectivity index (χ1n) is 9.23. The van der Waals surface area contributed by atoms with Gasteiger partial charge in [-0.3, -0.25) is 0 Å². The van der Waals surface area contributed by atoms with Crippen molar-refractivity contribution in [3.63, 3.8) is 0 Å². The van der Waals surface area contributed by atoms with Gasteiger partial charge in [0.1, 0.15) is 5.82 Å². The molecule has 0 unspecified atom stereocenters. The molecule has 3 aromatic rings. The van der Waals surface area contributed by atoms with Crippen molar-refractivity contribution >= 4 is 10.0 Å². The molecule has 2 aromatic carbocycles. The number of imidazole rings is 1. The van der Waals surface area contributed by atoms with Crippen molar-refractivity contribution in [1.29, 1.82) is 0 Å². The molecule has 140 valence electrons. The van der Waals surface area contributed by atoms with Crippen LogP contribution in [0.2, 0.25) is 0 Å². The highest BCUT2D eigenvalue weighted by molar-refractivity contribution is 7.89. The third kappa shape index (κ3) is 3.68. The van der Waals surface area contributed by atoms with Crippen LogP contribution in [0.5, 0.6) is 0 Å². The molecule has 0 aliphatic heterocycles. The zero-order chi connectivity index (χ0) is 18.9. The molecule has 1 aliphatic rings. The lowest BCUT2D eigenvalue weighted by atomic mass is 10.1. The van der Waals surface area contributed by atoms with E-state index in [-0.39, 0.29) is 0 Å². The number of benzene rings is 2. The summed E-state index contributed by atoms with van der Waals surface area (Å²) in [6, 6.07) is 15.4. The topological polar surface area (TPSA) is 64.0 Å². The third-order valence-corrected chi connectivity index (χ3v) is 6.55. The van der Waals surface area contributed by atoms with Crippen molar-refractivity contribution in [2.75, 3.05) is 6.54 Å². The van der Waals surface area contributed by atoms with E-state index in [0.717, 1.165) is 41.9 Å². The molecule has 5 nitrogen and oxygen atoms in total. The molecule has 27 heavy (non-hydrogen) atoms. The number of nitrogens with zero attached hydrogens (tertiary/aromatic N) is 2. The highest BCUT2D eigenvalue weighted by atomic mass is 32.2. The zero-order valence-corrected chi connectivity index (χ0v) is 16.2. The highest BCUT2D eigenvalue weighted by Crippen LogP contribution is 2.24. The maximum atomic E-state index is 12.7. The lowest BCUT2D eigenvalue weighted by Crippen LogP contribution is -2.28. The van der Waals surface area contributed by atoms with Gasteiger partial charge in [0.15, 0.2) is 0 Å². The molecular weight excluding hydrogens is 358 g/mol. The van der Waals surface area contributed by atoms with Crippen molar-refractivity contribution in [2.45, 2.75) is 37.6 Å². The monoisotopic (exact) mass is 381 g/mol. The molecule has 1 N–H and O–H groups in total. The van der Waals surface area contributed by atoms with Crippen LogP contribution in [0.3, 0.4) is 0 Å². The van der Waals surface area contributed by atoms with E-state index in [1.54, 1.807) is 6.07 Å². The Morgan fingerprint density at radius 3 is 2.67 bits per heavy atom. The first kappa shape index (κ1) is 17.9. The first-order chi connectivity index (χ1) is 13.0. The van der Waals surface area contributed by atoms with E-state index in [1.807, 2.05) is 60.2 Å². The SMILES string of the molecule is Cc1cnc(-c2ccccc2)n1CCNS(=O)(=O)c1ccc2c(c1)CCC2. The number of aryl methyl sites for hydroxylation is 3. The fraction of sp³-hybridized carbons (Fsp3) is 0.286. The number of aromatic nitrogens is 2. The second kappa shape index (κ2) is 7.29. The number of fused-ring (bicyclic) bond motifs is 1. The van der Waals surface area contributed by atoms with Crippen molar-refractivity contribution in [1.82, 2.24) is 14.3 Å². The van der Waals surface area contributed by atoms with Crippen LogP contribution in [-0.2, 0) is 29.4 Å². The third-order valence-electron chi connectivity index (χ3n) is 5.09. The summed E-state index contributed by atoms with van der Waals surface area (Å²) in [5, 5.41) is 0. The molecule has 0 saturated carbocycles. The summed E-state index contributed by atoms with van der Waals surface area (Å²) in [7, 11) is -3.51. The van der Waals surface area contributed by atoms with Gasteiger partial charge < -0.3 is 4.57 Å². The van der Waals surface area contributed by atoms with Gasteiger partial charge in [-0.05, 0) is 49.4 Å². The Bertz CT molecular complexity index is 1060. The minimum atomic E-state index is -3.51. The van der Waals surface area contributed by atoms with E-state index < -0.39 is 10.0 Å². The lowest BCUT2D eigenvalue weighted by Gasteiger charge is -2.12. The van der Waals surface area contributed by atoms with Crippen LogP contribution >= 0.6 is 0 Å². The Morgan fingerprint density at radius 2 is 1.85 bits per heavy atom. The van der Waals surface area contributed by atoms with Crippen molar-refractivity contribution in [3.05, 3.63) is 71.5 Å². The molecule has 0 radical (unpaired) electrons. The fourth-order valence-corrected chi connectivity index (χ4v) is 4.72. The van der Waals surface area contributed by atoms with Gasteiger partial charge in [-0.1, -0.05) is 36.4 Å². The van der Waals surface area contributed by atoms with Crippen LogP contribution in [0.4, 0.5) is 0 Å². The highest BCUT2D eigenvalue weighted by Gasteiger charge is 2.18. The van der Waals surface area contributed by atoms with Crippen LogP contribution in [-0.4, -0.2) is 24.5 Å². The van der Waals surface area contributed by atoms with E-state index in [2.05, 4.69) is 9.71 Å². The molecule has 0 bridgehead atoms. The van der Waals surface area contributed by atoms with Crippen LogP contribution in [0, 0.1) is 6.92 Å². The standard InChI is InChI=1S/C21H23N3O2S/c1-16-15-22-21(18-6-3-2-4-7-18)24(16)13-12-23-27(25,26)20-11-10-17-8-5-9-19(17)14-20/h2-4,6-7,10-11,14-15,23H,5,8-9,12-13H2,1H3. The Balaban J connectivity index is 1.48. The molecule has 0 spiro atoms. The first-order valence-corrected chi connectivity index (χ1v) is 10.7. The summed E-state index contributed by atoms with van der Waals surface area (Å²) in [4.78, 5) is 4.84. The summed E-state index contributed by atoms with van der Waals surface area (Å²) in [6.07, 6.45) is 4.93. The van der Waals surface area contributed by atoms with Gasteiger partial charge in [0.2, 0.25) is 10.0 Å². The second-order valence-electron chi connectivity index (χ2n) is 6.92. The van der Waals surface area contributed by atoms with Crippen LogP contribution in [0.25, 0.3) is 11.4 Å². The molecular formula is C21H23N3O2S. The molecule has 1 aromatic heterocycles. The van der Waals surface area contributed by atoms with Gasteiger partial charge in [-0.2, -0.15) is 0 Å². The summed E-state index contributed by atoms with van der Waals surface area (Å²) in [5.74, 6) is 0.852. The minimum absolute atomic E-state index is 0.316. The molecule has 0 fully saturated rings. The number of hydrogen-bond acceptors (Lipinski definition) is 3. The Kier molecular flexibility index (Phi) is 4.85. The molecule has 6 heteroatoms. The van der Waals surface area contributed by atoms with Crippen LogP contribution in [0.1, 0.15) is 23.2 Å². The minimum Gasteiger partial charge on any atom is -0.327 e. The normalized spacial score (nSPS) is 13.7. The van der Waals surface area contributed by atoms with Gasteiger partial charge >= 0.3 is 0 Å². The molecule has 0 saturated heterocycles. The van der Waals surface area contributed by atoms with E-state index in [9.17, 15) is 8.42 Å². The van der Waals surface area contributed by atoms with Gasteiger partial charge in [-0.25, -0.2) is 18.1 Å². The predicted octanol–water partition coefficient (Wildman–Crippen LogP) is 3.33. The fourth-order valence-electron chi connectivity index (χ4n) is 3.65. The number of hydrogen-bond donors (Lipinski definition) is 1. The van der Waals surface area contributed by atoms with Crippen LogP contribution < -0.4 is 4.72 Å². The Labute approximate surface area is 160 Å². The van der Waals surface area contributed by atoms with Crippen LogP contribution in [0.15, 0.2) is 59.6 Å². The maximum absolute atomic E-state index is 12.7. The summed E-state index contributed by atoms with van der Waals surface area (Å²) >= 11 is 0. The predicted molar refractivity (Wildman–Crippen MR) is 106 cm³/mol. The summed E-state index contributed by atoms with van der Waals surface area (Å²) in [5.41, 5.74) is 4.46. The molecule has 4 rings (SSSR count). The van der Waals surface area contributed by atoms with Gasteiger partial charge in [-0.15, -0.1) is 0 Å². The molecule has 0 atom stereocenters. The number of sulfonamides is 1. The molecule has 1 aliphatic carbocycles. The Hall–Kier alpha value is -2.44. The van der Waals surface area contributed by atoms with E-state index in [1.165, 1.54) is 5.56 Å². The second-order valence-corrected chi connectivity index (χ2v) is 8.69. The van der Waals surface area contributed by atoms with Crippen molar-refractivity contribution in [2.24, 2.45) is 0 Å². The van der Waals surface area contributed by atoms with Crippen molar-refractivity contribution < 1.29 is 8.42 Å². The lowest BCUT2D eigenvalue weighted by molar-refractivity contribution is 0.572. The largest absolute Gasteiger partial charge is 0.327 e.